The molecular formula is C17H19ClN2O. The first-order chi connectivity index (χ1) is 10.2. The van der Waals surface area contributed by atoms with E-state index in [1.807, 2.05) is 35.2 Å². The lowest BCUT2D eigenvalue weighted by Crippen LogP contribution is -2.43. The van der Waals surface area contributed by atoms with E-state index in [1.54, 1.807) is 0 Å². The van der Waals surface area contributed by atoms with Crippen LogP contribution in [-0.4, -0.2) is 28.4 Å². The molecule has 1 aliphatic heterocycles. The van der Waals surface area contributed by atoms with Crippen LogP contribution in [0.2, 0.25) is 5.15 Å². The zero-order chi connectivity index (χ0) is 14.8. The van der Waals surface area contributed by atoms with E-state index >= 15 is 0 Å². The summed E-state index contributed by atoms with van der Waals surface area (Å²) in [6.07, 6.45) is 4.36. The minimum atomic E-state index is 0.00852. The minimum absolute atomic E-state index is 0.00852. The molecule has 1 aliphatic rings. The lowest BCUT2D eigenvalue weighted by Gasteiger charge is -2.35. The summed E-state index contributed by atoms with van der Waals surface area (Å²) in [6.45, 7) is 2.96. The molecule has 3 rings (SSSR count). The molecule has 1 atom stereocenters. The van der Waals surface area contributed by atoms with Crippen molar-refractivity contribution in [1.29, 1.82) is 0 Å². The van der Waals surface area contributed by atoms with Crippen LogP contribution in [-0.2, 0) is 0 Å². The predicted molar refractivity (Wildman–Crippen MR) is 85.7 cm³/mol. The van der Waals surface area contributed by atoms with Gasteiger partial charge in [-0.05, 0) is 37.1 Å². The Morgan fingerprint density at radius 3 is 3.00 bits per heavy atom. The average molecular weight is 303 g/mol. The Morgan fingerprint density at radius 2 is 2.19 bits per heavy atom. The summed E-state index contributed by atoms with van der Waals surface area (Å²) in [4.78, 5) is 19.1. The fraction of sp³-hybridized carbons (Fsp3) is 0.412. The summed E-state index contributed by atoms with van der Waals surface area (Å²) in [5.41, 5.74) is 0.457. The topological polar surface area (TPSA) is 33.2 Å². The molecule has 0 radical (unpaired) electrons. The van der Waals surface area contributed by atoms with Gasteiger partial charge in [-0.1, -0.05) is 42.8 Å². The smallest absolute Gasteiger partial charge is 0.272 e. The standard InChI is InChI=1S/C17H19ClN2O/c1-2-13-8-5-6-10-20(13)17(21)15-11-12-7-3-4-9-14(12)16(18)19-15/h3-4,7,9,11,13H,2,5-6,8,10H2,1H3. The summed E-state index contributed by atoms with van der Waals surface area (Å²) in [7, 11) is 0. The van der Waals surface area contributed by atoms with Gasteiger partial charge >= 0.3 is 0 Å². The molecule has 0 aliphatic carbocycles. The number of nitrogens with zero attached hydrogens (tertiary/aromatic N) is 2. The monoisotopic (exact) mass is 302 g/mol. The number of fused-ring (bicyclic) bond motifs is 1. The van der Waals surface area contributed by atoms with Crippen LogP contribution in [0.1, 0.15) is 43.1 Å². The summed E-state index contributed by atoms with van der Waals surface area (Å²) < 4.78 is 0. The molecule has 3 nitrogen and oxygen atoms in total. The highest BCUT2D eigenvalue weighted by atomic mass is 35.5. The third-order valence-electron chi connectivity index (χ3n) is 4.27. The SMILES string of the molecule is CCC1CCCCN1C(=O)c1cc2ccccc2c(Cl)n1. The highest BCUT2D eigenvalue weighted by molar-refractivity contribution is 6.34. The first-order valence-electron chi connectivity index (χ1n) is 7.57. The minimum Gasteiger partial charge on any atom is -0.334 e. The molecule has 0 bridgehead atoms. The first-order valence-corrected chi connectivity index (χ1v) is 7.94. The van der Waals surface area contributed by atoms with Gasteiger partial charge < -0.3 is 4.90 Å². The highest BCUT2D eigenvalue weighted by Gasteiger charge is 2.27. The molecule has 0 N–H and O–H groups in total. The number of piperidine rings is 1. The van der Waals surface area contributed by atoms with Crippen LogP contribution in [0.3, 0.4) is 0 Å². The number of hydrogen-bond acceptors (Lipinski definition) is 2. The van der Waals surface area contributed by atoms with Crippen molar-refractivity contribution in [2.45, 2.75) is 38.6 Å². The van der Waals surface area contributed by atoms with Gasteiger partial charge in [-0.15, -0.1) is 0 Å². The quantitative estimate of drug-likeness (QED) is 0.775. The maximum Gasteiger partial charge on any atom is 0.272 e. The van der Waals surface area contributed by atoms with Gasteiger partial charge in [0.1, 0.15) is 10.8 Å². The molecule has 1 amide bonds. The molecule has 0 spiro atoms. The average Bonchev–Trinajstić information content (AvgIpc) is 2.54. The number of benzene rings is 1. The van der Waals surface area contributed by atoms with Crippen molar-refractivity contribution in [1.82, 2.24) is 9.88 Å². The van der Waals surface area contributed by atoms with Crippen molar-refractivity contribution in [2.75, 3.05) is 6.54 Å². The lowest BCUT2D eigenvalue weighted by atomic mass is 9.99. The largest absolute Gasteiger partial charge is 0.334 e. The van der Waals surface area contributed by atoms with Crippen LogP contribution in [0, 0.1) is 0 Å². The number of hydrogen-bond donors (Lipinski definition) is 0. The summed E-state index contributed by atoms with van der Waals surface area (Å²) in [6, 6.07) is 9.95. The lowest BCUT2D eigenvalue weighted by molar-refractivity contribution is 0.0602. The third kappa shape index (κ3) is 2.75. The van der Waals surface area contributed by atoms with Crippen molar-refractivity contribution in [3.63, 3.8) is 0 Å². The van der Waals surface area contributed by atoms with E-state index in [0.717, 1.165) is 36.6 Å². The van der Waals surface area contributed by atoms with Gasteiger partial charge in [0.05, 0.1) is 0 Å². The van der Waals surface area contributed by atoms with Gasteiger partial charge in [0.15, 0.2) is 0 Å². The highest BCUT2D eigenvalue weighted by Crippen LogP contribution is 2.25. The van der Waals surface area contributed by atoms with Crippen molar-refractivity contribution < 1.29 is 4.79 Å². The molecule has 1 fully saturated rings. The number of carbonyl (C=O) groups is 1. The van der Waals surface area contributed by atoms with Crippen LogP contribution >= 0.6 is 11.6 Å². The Balaban J connectivity index is 1.97. The normalized spacial score (nSPS) is 19.0. The Bertz CT molecular complexity index is 671. The second kappa shape index (κ2) is 6.02. The molecule has 1 aromatic carbocycles. The number of halogens is 1. The molecule has 2 aromatic rings. The first kappa shape index (κ1) is 14.3. The Hall–Kier alpha value is -1.61. The number of likely N-dealkylation sites (tertiary alicyclic amines) is 1. The van der Waals surface area contributed by atoms with Crippen molar-refractivity contribution >= 4 is 28.3 Å². The fourth-order valence-electron chi connectivity index (χ4n) is 3.11. The molecule has 2 heterocycles. The van der Waals surface area contributed by atoms with E-state index in [-0.39, 0.29) is 5.91 Å². The number of pyridine rings is 1. The second-order valence-electron chi connectivity index (χ2n) is 5.58. The fourth-order valence-corrected chi connectivity index (χ4v) is 3.37. The van der Waals surface area contributed by atoms with Gasteiger partial charge in [-0.2, -0.15) is 0 Å². The predicted octanol–water partition coefficient (Wildman–Crippen LogP) is 4.29. The van der Waals surface area contributed by atoms with E-state index in [2.05, 4.69) is 11.9 Å². The maximum absolute atomic E-state index is 12.8. The van der Waals surface area contributed by atoms with Gasteiger partial charge in [0.25, 0.3) is 5.91 Å². The molecule has 0 saturated carbocycles. The van der Waals surface area contributed by atoms with Crippen LogP contribution in [0.5, 0.6) is 0 Å². The number of amides is 1. The second-order valence-corrected chi connectivity index (χ2v) is 5.93. The summed E-state index contributed by atoms with van der Waals surface area (Å²) >= 11 is 6.23. The summed E-state index contributed by atoms with van der Waals surface area (Å²) in [5.74, 6) is 0.00852. The van der Waals surface area contributed by atoms with Gasteiger partial charge in [-0.25, -0.2) is 4.98 Å². The summed E-state index contributed by atoms with van der Waals surface area (Å²) in [5, 5.41) is 2.26. The Morgan fingerprint density at radius 1 is 1.38 bits per heavy atom. The van der Waals surface area contributed by atoms with Crippen LogP contribution in [0.4, 0.5) is 0 Å². The van der Waals surface area contributed by atoms with E-state index in [1.165, 1.54) is 6.42 Å². The van der Waals surface area contributed by atoms with Crippen molar-refractivity contribution in [2.24, 2.45) is 0 Å². The molecule has 110 valence electrons. The zero-order valence-corrected chi connectivity index (χ0v) is 12.9. The van der Waals surface area contributed by atoms with E-state index in [9.17, 15) is 4.79 Å². The third-order valence-corrected chi connectivity index (χ3v) is 4.56. The maximum atomic E-state index is 12.8. The zero-order valence-electron chi connectivity index (χ0n) is 12.2. The Labute approximate surface area is 129 Å². The van der Waals surface area contributed by atoms with Crippen molar-refractivity contribution in [3.05, 3.63) is 41.2 Å². The molecular weight excluding hydrogens is 284 g/mol. The number of rotatable bonds is 2. The van der Waals surface area contributed by atoms with Crippen LogP contribution < -0.4 is 0 Å². The molecule has 21 heavy (non-hydrogen) atoms. The van der Waals surface area contributed by atoms with Crippen LogP contribution in [0.25, 0.3) is 10.8 Å². The van der Waals surface area contributed by atoms with Crippen LogP contribution in [0.15, 0.2) is 30.3 Å². The van der Waals surface area contributed by atoms with E-state index in [0.29, 0.717) is 16.9 Å². The molecule has 1 aromatic heterocycles. The van der Waals surface area contributed by atoms with Gasteiger partial charge in [0.2, 0.25) is 0 Å². The molecule has 4 heteroatoms. The Kier molecular flexibility index (Phi) is 4.11. The van der Waals surface area contributed by atoms with E-state index < -0.39 is 0 Å². The number of carbonyl (C=O) groups excluding carboxylic acids is 1. The molecule has 1 unspecified atom stereocenters. The molecule has 1 saturated heterocycles. The number of aromatic nitrogens is 1. The van der Waals surface area contributed by atoms with E-state index in [4.69, 9.17) is 11.6 Å². The van der Waals surface area contributed by atoms with Crippen molar-refractivity contribution in [3.8, 4) is 0 Å². The van der Waals surface area contributed by atoms with Gasteiger partial charge in [-0.3, -0.25) is 4.79 Å². The van der Waals surface area contributed by atoms with Gasteiger partial charge in [0, 0.05) is 18.0 Å².